The minimum atomic E-state index is 0.290. The van der Waals surface area contributed by atoms with Gasteiger partial charge in [-0.3, -0.25) is 0 Å². The van der Waals surface area contributed by atoms with Crippen LogP contribution in [0, 0.1) is 5.92 Å². The van der Waals surface area contributed by atoms with Gasteiger partial charge >= 0.3 is 0 Å². The fourth-order valence-corrected chi connectivity index (χ4v) is 3.39. The van der Waals surface area contributed by atoms with Gasteiger partial charge in [0.15, 0.2) is 0 Å². The van der Waals surface area contributed by atoms with Crippen LogP contribution in [0.2, 0.25) is 0 Å². The zero-order chi connectivity index (χ0) is 13.0. The second-order valence-electron chi connectivity index (χ2n) is 4.67. The Labute approximate surface area is 113 Å². The summed E-state index contributed by atoms with van der Waals surface area (Å²) >= 11 is 1.85. The molecule has 0 saturated carbocycles. The summed E-state index contributed by atoms with van der Waals surface area (Å²) in [7, 11) is 0. The number of hydrogen-bond acceptors (Lipinski definition) is 4. The number of nitrogens with two attached hydrogens (primary N) is 1. The Kier molecular flexibility index (Phi) is 4.92. The summed E-state index contributed by atoms with van der Waals surface area (Å²) in [6, 6.07) is 6.42. The van der Waals surface area contributed by atoms with E-state index >= 15 is 0 Å². The lowest BCUT2D eigenvalue weighted by Crippen LogP contribution is -2.22. The molecule has 1 unspecified atom stereocenters. The van der Waals surface area contributed by atoms with Crippen LogP contribution in [0.5, 0.6) is 0 Å². The summed E-state index contributed by atoms with van der Waals surface area (Å²) in [6.07, 6.45) is 1.08. The van der Waals surface area contributed by atoms with E-state index in [4.69, 9.17) is 5.73 Å². The van der Waals surface area contributed by atoms with E-state index in [9.17, 15) is 5.11 Å². The molecule has 0 amide bonds. The molecule has 1 atom stereocenters. The van der Waals surface area contributed by atoms with Crippen molar-refractivity contribution in [2.45, 2.75) is 24.8 Å². The first-order valence-electron chi connectivity index (χ1n) is 6.60. The van der Waals surface area contributed by atoms with Crippen molar-refractivity contribution >= 4 is 17.4 Å². The summed E-state index contributed by atoms with van der Waals surface area (Å²) in [5.74, 6) is 1.48. The number of aliphatic hydroxyl groups excluding tert-OH is 1. The minimum absolute atomic E-state index is 0.290. The Balaban J connectivity index is 2.24. The molecule has 1 aromatic rings. The van der Waals surface area contributed by atoms with Gasteiger partial charge in [0, 0.05) is 48.3 Å². The molecule has 1 fully saturated rings. The van der Waals surface area contributed by atoms with Gasteiger partial charge in [0.2, 0.25) is 0 Å². The number of anilines is 1. The summed E-state index contributed by atoms with van der Waals surface area (Å²) < 4.78 is 0. The maximum atomic E-state index is 9.24. The van der Waals surface area contributed by atoms with Crippen LogP contribution in [0.4, 0.5) is 5.69 Å². The third-order valence-electron chi connectivity index (χ3n) is 3.50. The van der Waals surface area contributed by atoms with E-state index in [0.717, 1.165) is 25.3 Å². The summed E-state index contributed by atoms with van der Waals surface area (Å²) in [5, 5.41) is 9.24. The smallest absolute Gasteiger partial charge is 0.0476 e. The molecule has 1 saturated heterocycles. The monoisotopic (exact) mass is 266 g/mol. The van der Waals surface area contributed by atoms with Crippen LogP contribution in [-0.2, 0) is 6.54 Å². The molecule has 0 radical (unpaired) electrons. The third-order valence-corrected chi connectivity index (χ3v) is 4.48. The van der Waals surface area contributed by atoms with Gasteiger partial charge in [-0.2, -0.15) is 0 Å². The number of benzene rings is 1. The predicted molar refractivity (Wildman–Crippen MR) is 78.1 cm³/mol. The van der Waals surface area contributed by atoms with Gasteiger partial charge in [-0.15, -0.1) is 11.8 Å². The van der Waals surface area contributed by atoms with E-state index < -0.39 is 0 Å². The lowest BCUT2D eigenvalue weighted by Gasteiger charge is -2.23. The molecule has 1 aliphatic rings. The zero-order valence-electron chi connectivity index (χ0n) is 10.9. The average molecular weight is 266 g/mol. The minimum Gasteiger partial charge on any atom is -0.396 e. The molecule has 0 spiro atoms. The standard InChI is InChI=1S/C14H22N2OS/c1-2-18-14-5-3-4-13(12(14)8-15)16-7-6-11(9-16)10-17/h3-5,11,17H,2,6-10,15H2,1H3. The van der Waals surface area contributed by atoms with Gasteiger partial charge in [-0.25, -0.2) is 0 Å². The van der Waals surface area contributed by atoms with E-state index in [1.54, 1.807) is 0 Å². The van der Waals surface area contributed by atoms with Crippen LogP contribution in [0.25, 0.3) is 0 Å². The van der Waals surface area contributed by atoms with Crippen molar-refractivity contribution in [3.63, 3.8) is 0 Å². The molecule has 1 heterocycles. The van der Waals surface area contributed by atoms with Gasteiger partial charge in [0.1, 0.15) is 0 Å². The average Bonchev–Trinajstić information content (AvgIpc) is 2.87. The van der Waals surface area contributed by atoms with Crippen molar-refractivity contribution in [2.24, 2.45) is 11.7 Å². The van der Waals surface area contributed by atoms with Crippen LogP contribution < -0.4 is 10.6 Å². The molecule has 0 aromatic heterocycles. The highest BCUT2D eigenvalue weighted by atomic mass is 32.2. The molecular weight excluding hydrogens is 244 g/mol. The normalized spacial score (nSPS) is 19.5. The molecule has 3 nitrogen and oxygen atoms in total. The Morgan fingerprint density at radius 1 is 1.50 bits per heavy atom. The fraction of sp³-hybridized carbons (Fsp3) is 0.571. The number of thioether (sulfide) groups is 1. The van der Waals surface area contributed by atoms with E-state index in [-0.39, 0.29) is 6.61 Å². The highest BCUT2D eigenvalue weighted by Crippen LogP contribution is 2.33. The van der Waals surface area contributed by atoms with Gasteiger partial charge in [-0.05, 0) is 24.3 Å². The Bertz CT molecular complexity index is 397. The molecule has 100 valence electrons. The number of hydrogen-bond donors (Lipinski definition) is 2. The van der Waals surface area contributed by atoms with Crippen molar-refractivity contribution in [2.75, 3.05) is 30.3 Å². The highest BCUT2D eigenvalue weighted by molar-refractivity contribution is 7.99. The van der Waals surface area contributed by atoms with E-state index in [2.05, 4.69) is 30.0 Å². The van der Waals surface area contributed by atoms with E-state index in [1.807, 2.05) is 11.8 Å². The molecule has 0 bridgehead atoms. The van der Waals surface area contributed by atoms with Crippen molar-refractivity contribution in [1.29, 1.82) is 0 Å². The summed E-state index contributed by atoms with van der Waals surface area (Å²) in [5.41, 5.74) is 8.44. The zero-order valence-corrected chi connectivity index (χ0v) is 11.7. The Morgan fingerprint density at radius 2 is 2.33 bits per heavy atom. The summed E-state index contributed by atoms with van der Waals surface area (Å²) in [4.78, 5) is 3.66. The van der Waals surface area contributed by atoms with Crippen LogP contribution in [0.1, 0.15) is 18.9 Å². The highest BCUT2D eigenvalue weighted by Gasteiger charge is 2.24. The predicted octanol–water partition coefficient (Wildman–Crippen LogP) is 2.08. The lowest BCUT2D eigenvalue weighted by atomic mass is 10.1. The first kappa shape index (κ1) is 13.7. The van der Waals surface area contributed by atoms with Crippen LogP contribution in [0.15, 0.2) is 23.1 Å². The van der Waals surface area contributed by atoms with Crippen molar-refractivity contribution in [3.8, 4) is 0 Å². The maximum Gasteiger partial charge on any atom is 0.0476 e. The van der Waals surface area contributed by atoms with Gasteiger partial charge in [0.05, 0.1) is 0 Å². The van der Waals surface area contributed by atoms with Gasteiger partial charge in [-0.1, -0.05) is 13.0 Å². The lowest BCUT2D eigenvalue weighted by molar-refractivity contribution is 0.238. The van der Waals surface area contributed by atoms with Crippen molar-refractivity contribution in [1.82, 2.24) is 0 Å². The number of aliphatic hydroxyl groups is 1. The molecule has 3 N–H and O–H groups in total. The molecule has 1 aliphatic heterocycles. The Hall–Kier alpha value is -0.710. The second-order valence-corrected chi connectivity index (χ2v) is 5.98. The molecule has 2 rings (SSSR count). The molecule has 4 heteroatoms. The Morgan fingerprint density at radius 3 is 2.94 bits per heavy atom. The first-order chi connectivity index (χ1) is 8.80. The van der Waals surface area contributed by atoms with Gasteiger partial charge in [0.25, 0.3) is 0 Å². The molecule has 0 aliphatic carbocycles. The quantitative estimate of drug-likeness (QED) is 0.801. The van der Waals surface area contributed by atoms with E-state index in [1.165, 1.54) is 16.1 Å². The third kappa shape index (κ3) is 2.82. The van der Waals surface area contributed by atoms with Crippen molar-refractivity contribution in [3.05, 3.63) is 23.8 Å². The second kappa shape index (κ2) is 6.45. The number of rotatable bonds is 5. The largest absolute Gasteiger partial charge is 0.396 e. The van der Waals surface area contributed by atoms with Crippen LogP contribution in [-0.4, -0.2) is 30.6 Å². The molecule has 18 heavy (non-hydrogen) atoms. The van der Waals surface area contributed by atoms with Crippen LogP contribution >= 0.6 is 11.8 Å². The summed E-state index contributed by atoms with van der Waals surface area (Å²) in [6.45, 7) is 5.01. The number of nitrogens with zero attached hydrogens (tertiary/aromatic N) is 1. The first-order valence-corrected chi connectivity index (χ1v) is 7.59. The molecular formula is C14H22N2OS. The fourth-order valence-electron chi connectivity index (χ4n) is 2.55. The maximum absolute atomic E-state index is 9.24. The molecule has 1 aromatic carbocycles. The van der Waals surface area contributed by atoms with Crippen LogP contribution in [0.3, 0.4) is 0 Å². The van der Waals surface area contributed by atoms with Crippen molar-refractivity contribution < 1.29 is 5.11 Å². The van der Waals surface area contributed by atoms with Gasteiger partial charge < -0.3 is 15.7 Å². The van der Waals surface area contributed by atoms with E-state index in [0.29, 0.717) is 12.5 Å². The SMILES string of the molecule is CCSc1cccc(N2CCC(CO)C2)c1CN. The topological polar surface area (TPSA) is 49.5 Å².